The lowest BCUT2D eigenvalue weighted by atomic mass is 10.2. The van der Waals surface area contributed by atoms with Gasteiger partial charge in [0.1, 0.15) is 0 Å². The first-order chi connectivity index (χ1) is 15.6. The Morgan fingerprint density at radius 1 is 1.16 bits per heavy atom. The molecule has 0 saturated heterocycles. The Labute approximate surface area is 192 Å². The van der Waals surface area contributed by atoms with Crippen LogP contribution in [0.3, 0.4) is 0 Å². The van der Waals surface area contributed by atoms with Gasteiger partial charge in [-0.1, -0.05) is 30.0 Å². The number of para-hydroxylation sites is 1. The molecule has 2 aromatic heterocycles. The average Bonchev–Trinajstić information content (AvgIpc) is 3.32. The fraction of sp³-hybridized carbons (Fsp3) is 0.182. The van der Waals surface area contributed by atoms with Gasteiger partial charge >= 0.3 is 0 Å². The third-order valence-corrected chi connectivity index (χ3v) is 6.29. The number of methoxy groups -OCH3 is 2. The molecule has 0 radical (unpaired) electrons. The number of fused-ring (bicyclic) bond motifs is 1. The lowest BCUT2D eigenvalue weighted by Gasteiger charge is -2.14. The van der Waals surface area contributed by atoms with E-state index in [1.165, 1.54) is 23.1 Å². The summed E-state index contributed by atoms with van der Waals surface area (Å²) in [6, 6.07) is 12.7. The van der Waals surface area contributed by atoms with Gasteiger partial charge in [-0.25, -0.2) is 9.97 Å². The number of rotatable bonds is 8. The van der Waals surface area contributed by atoms with Gasteiger partial charge in [0.2, 0.25) is 5.91 Å². The van der Waals surface area contributed by atoms with E-state index in [0.717, 1.165) is 5.56 Å². The zero-order chi connectivity index (χ0) is 22.5. The lowest BCUT2D eigenvalue weighted by molar-refractivity contribution is -0.113. The van der Waals surface area contributed by atoms with E-state index in [2.05, 4.69) is 15.3 Å². The lowest BCUT2D eigenvalue weighted by Crippen LogP contribution is -2.25. The van der Waals surface area contributed by atoms with Crippen LogP contribution in [0.2, 0.25) is 0 Å². The molecule has 4 aromatic rings. The number of carbonyl (C=O) groups excluding carboxylic acids is 1. The zero-order valence-electron chi connectivity index (χ0n) is 17.4. The van der Waals surface area contributed by atoms with Crippen molar-refractivity contribution in [3.05, 3.63) is 70.0 Å². The number of hydrogen-bond acceptors (Lipinski definition) is 8. The summed E-state index contributed by atoms with van der Waals surface area (Å²) in [5.74, 6) is 1.05. The molecule has 0 aliphatic carbocycles. The van der Waals surface area contributed by atoms with Gasteiger partial charge in [0.15, 0.2) is 21.8 Å². The Morgan fingerprint density at radius 2 is 1.97 bits per heavy atom. The van der Waals surface area contributed by atoms with Gasteiger partial charge in [0.05, 0.1) is 37.4 Å². The fourth-order valence-electron chi connectivity index (χ4n) is 3.13. The minimum absolute atomic E-state index is 0.0935. The number of amides is 1. The summed E-state index contributed by atoms with van der Waals surface area (Å²) in [5.41, 5.74) is 1.26. The van der Waals surface area contributed by atoms with Crippen LogP contribution in [0.4, 0.5) is 5.13 Å². The maximum Gasteiger partial charge on any atom is 0.262 e. The number of thioether (sulfide) groups is 1. The van der Waals surface area contributed by atoms with E-state index in [9.17, 15) is 9.59 Å². The monoisotopic (exact) mass is 468 g/mol. The van der Waals surface area contributed by atoms with E-state index in [-0.39, 0.29) is 23.8 Å². The first-order valence-electron chi connectivity index (χ1n) is 9.61. The SMILES string of the molecule is COc1ccc(Cn2c(SCC(=O)Nc3nccs3)nc3ccccc3c2=O)cc1OC. The molecule has 0 aliphatic heterocycles. The molecule has 0 saturated carbocycles. The van der Waals surface area contributed by atoms with Crippen molar-refractivity contribution in [1.29, 1.82) is 0 Å². The molecular formula is C22H20N4O4S2. The number of anilines is 1. The molecule has 2 aromatic carbocycles. The van der Waals surface area contributed by atoms with Crippen molar-refractivity contribution in [2.75, 3.05) is 25.3 Å². The number of carbonyl (C=O) groups is 1. The molecular weight excluding hydrogens is 448 g/mol. The van der Waals surface area contributed by atoms with Gasteiger partial charge in [-0.2, -0.15) is 0 Å². The van der Waals surface area contributed by atoms with Crippen molar-refractivity contribution < 1.29 is 14.3 Å². The third kappa shape index (κ3) is 4.76. The molecule has 2 heterocycles. The van der Waals surface area contributed by atoms with Gasteiger partial charge in [-0.05, 0) is 29.8 Å². The summed E-state index contributed by atoms with van der Waals surface area (Å²) >= 11 is 2.55. The largest absolute Gasteiger partial charge is 0.493 e. The summed E-state index contributed by atoms with van der Waals surface area (Å²) in [6.45, 7) is 0.271. The van der Waals surface area contributed by atoms with Gasteiger partial charge in [-0.3, -0.25) is 14.2 Å². The van der Waals surface area contributed by atoms with Gasteiger partial charge in [-0.15, -0.1) is 11.3 Å². The summed E-state index contributed by atoms with van der Waals surface area (Å²) in [7, 11) is 3.13. The van der Waals surface area contributed by atoms with Crippen LogP contribution in [-0.2, 0) is 11.3 Å². The Kier molecular flexibility index (Phi) is 6.72. The number of nitrogens with zero attached hydrogens (tertiary/aromatic N) is 3. The Hall–Kier alpha value is -3.37. The topological polar surface area (TPSA) is 95.3 Å². The quantitative estimate of drug-likeness (QED) is 0.311. The summed E-state index contributed by atoms with van der Waals surface area (Å²) in [5, 5.41) is 6.04. The minimum Gasteiger partial charge on any atom is -0.493 e. The highest BCUT2D eigenvalue weighted by atomic mass is 32.2. The van der Waals surface area contributed by atoms with Crippen LogP contribution in [0.15, 0.2) is 64.0 Å². The Bertz CT molecular complexity index is 1310. The van der Waals surface area contributed by atoms with Gasteiger partial charge < -0.3 is 14.8 Å². The molecule has 8 nitrogen and oxygen atoms in total. The van der Waals surface area contributed by atoms with E-state index in [1.54, 1.807) is 54.6 Å². The predicted molar refractivity (Wildman–Crippen MR) is 126 cm³/mol. The van der Waals surface area contributed by atoms with Crippen molar-refractivity contribution >= 4 is 45.0 Å². The standard InChI is InChI=1S/C22H20N4O4S2/c1-29-17-8-7-14(11-18(17)30-2)12-26-20(28)15-5-3-4-6-16(15)24-22(26)32-13-19(27)25-21-23-9-10-31-21/h3-11H,12-13H2,1-2H3,(H,23,25,27). The molecule has 0 unspecified atom stereocenters. The minimum atomic E-state index is -0.218. The van der Waals surface area contributed by atoms with Crippen molar-refractivity contribution in [1.82, 2.24) is 14.5 Å². The highest BCUT2D eigenvalue weighted by Crippen LogP contribution is 2.28. The fourth-order valence-corrected chi connectivity index (χ4v) is 4.47. The van der Waals surface area contributed by atoms with Crippen LogP contribution in [-0.4, -0.2) is 40.4 Å². The van der Waals surface area contributed by atoms with E-state index in [0.29, 0.717) is 32.7 Å². The van der Waals surface area contributed by atoms with Gasteiger partial charge in [0, 0.05) is 11.6 Å². The summed E-state index contributed by atoms with van der Waals surface area (Å²) < 4.78 is 12.3. The van der Waals surface area contributed by atoms with Crippen LogP contribution >= 0.6 is 23.1 Å². The van der Waals surface area contributed by atoms with Crippen molar-refractivity contribution in [3.63, 3.8) is 0 Å². The van der Waals surface area contributed by atoms with E-state index < -0.39 is 0 Å². The molecule has 4 rings (SSSR count). The van der Waals surface area contributed by atoms with Crippen molar-refractivity contribution in [2.24, 2.45) is 0 Å². The van der Waals surface area contributed by atoms with Crippen LogP contribution in [0.25, 0.3) is 10.9 Å². The molecule has 1 N–H and O–H groups in total. The van der Waals surface area contributed by atoms with Crippen LogP contribution in [0.1, 0.15) is 5.56 Å². The Morgan fingerprint density at radius 3 is 2.72 bits per heavy atom. The number of hydrogen-bond donors (Lipinski definition) is 1. The maximum atomic E-state index is 13.3. The first-order valence-corrected chi connectivity index (χ1v) is 11.5. The normalized spacial score (nSPS) is 10.8. The predicted octanol–water partition coefficient (Wildman–Crippen LogP) is 3.65. The highest BCUT2D eigenvalue weighted by molar-refractivity contribution is 7.99. The second-order valence-corrected chi connectivity index (χ2v) is 8.50. The number of nitrogens with one attached hydrogen (secondary N) is 1. The maximum absolute atomic E-state index is 13.3. The smallest absolute Gasteiger partial charge is 0.262 e. The zero-order valence-corrected chi connectivity index (χ0v) is 19.0. The molecule has 0 aliphatic rings. The molecule has 0 atom stereocenters. The molecule has 0 bridgehead atoms. The second-order valence-electron chi connectivity index (χ2n) is 6.67. The van der Waals surface area contributed by atoms with Crippen LogP contribution < -0.4 is 20.3 Å². The van der Waals surface area contributed by atoms with Gasteiger partial charge in [0.25, 0.3) is 5.56 Å². The summed E-state index contributed by atoms with van der Waals surface area (Å²) in [6.07, 6.45) is 1.62. The molecule has 0 spiro atoms. The molecule has 0 fully saturated rings. The van der Waals surface area contributed by atoms with E-state index in [4.69, 9.17) is 9.47 Å². The number of benzene rings is 2. The second kappa shape index (κ2) is 9.84. The molecule has 164 valence electrons. The van der Waals surface area contributed by atoms with Crippen LogP contribution in [0.5, 0.6) is 11.5 Å². The molecule has 32 heavy (non-hydrogen) atoms. The molecule has 1 amide bonds. The number of ether oxygens (including phenoxy) is 2. The third-order valence-electron chi connectivity index (χ3n) is 4.63. The highest BCUT2D eigenvalue weighted by Gasteiger charge is 2.15. The average molecular weight is 469 g/mol. The van der Waals surface area contributed by atoms with Crippen molar-refractivity contribution in [3.8, 4) is 11.5 Å². The number of aromatic nitrogens is 3. The first kappa shape index (κ1) is 21.8. The van der Waals surface area contributed by atoms with E-state index in [1.807, 2.05) is 18.2 Å². The summed E-state index contributed by atoms with van der Waals surface area (Å²) in [4.78, 5) is 34.3. The number of thiazole rings is 1. The Balaban J connectivity index is 1.66. The van der Waals surface area contributed by atoms with Crippen molar-refractivity contribution in [2.45, 2.75) is 11.7 Å². The van der Waals surface area contributed by atoms with E-state index >= 15 is 0 Å². The van der Waals surface area contributed by atoms with Crippen LogP contribution in [0, 0.1) is 0 Å². The molecule has 10 heteroatoms.